The second-order valence-corrected chi connectivity index (χ2v) is 8.34. The highest BCUT2D eigenvalue weighted by molar-refractivity contribution is 8.00. The summed E-state index contributed by atoms with van der Waals surface area (Å²) >= 11 is 7.29. The van der Waals surface area contributed by atoms with Gasteiger partial charge < -0.3 is 0 Å². The van der Waals surface area contributed by atoms with E-state index in [4.69, 9.17) is 11.6 Å². The topological polar surface area (TPSA) is 47.8 Å². The molecule has 1 aromatic heterocycles. The summed E-state index contributed by atoms with van der Waals surface area (Å²) in [5.74, 6) is -0.0801. The molecule has 3 aromatic carbocycles. The fraction of sp³-hybridized carbons (Fsp3) is 0.0870. The average molecular weight is 438 g/mol. The zero-order valence-corrected chi connectivity index (χ0v) is 17.6. The van der Waals surface area contributed by atoms with Crippen molar-refractivity contribution in [3.63, 3.8) is 0 Å². The van der Waals surface area contributed by atoms with Crippen LogP contribution in [0.15, 0.2) is 84.0 Å². The Morgan fingerprint density at radius 3 is 2.47 bits per heavy atom. The van der Waals surface area contributed by atoms with Gasteiger partial charge in [0, 0.05) is 16.3 Å². The first-order chi connectivity index (χ1) is 14.5. The van der Waals surface area contributed by atoms with Gasteiger partial charge in [-0.3, -0.25) is 9.36 Å². The minimum absolute atomic E-state index is 0.0717. The molecule has 4 nitrogen and oxygen atoms in total. The van der Waals surface area contributed by atoms with Gasteiger partial charge in [-0.2, -0.15) is 0 Å². The van der Waals surface area contributed by atoms with Gasteiger partial charge in [-0.25, -0.2) is 4.39 Å². The predicted octanol–water partition coefficient (Wildman–Crippen LogP) is 6.09. The van der Waals surface area contributed by atoms with Crippen molar-refractivity contribution in [3.05, 3.63) is 95.3 Å². The van der Waals surface area contributed by atoms with E-state index in [9.17, 15) is 9.18 Å². The van der Waals surface area contributed by atoms with Crippen LogP contribution in [0.4, 0.5) is 4.39 Å². The predicted molar refractivity (Wildman–Crippen MR) is 118 cm³/mol. The molecule has 0 N–H and O–H groups in total. The lowest BCUT2D eigenvalue weighted by Gasteiger charge is -2.13. The Kier molecular flexibility index (Phi) is 5.97. The van der Waals surface area contributed by atoms with Crippen LogP contribution in [0.5, 0.6) is 0 Å². The first-order valence-corrected chi connectivity index (χ1v) is 10.5. The molecular weight excluding hydrogens is 421 g/mol. The van der Waals surface area contributed by atoms with Gasteiger partial charge in [0.15, 0.2) is 16.8 Å². The van der Waals surface area contributed by atoms with Crippen molar-refractivity contribution in [3.8, 4) is 17.1 Å². The van der Waals surface area contributed by atoms with Crippen LogP contribution in [0.25, 0.3) is 17.1 Å². The zero-order valence-electron chi connectivity index (χ0n) is 16.0. The lowest BCUT2D eigenvalue weighted by molar-refractivity contribution is 0.0994. The third-order valence-electron chi connectivity index (χ3n) is 4.52. The summed E-state index contributed by atoms with van der Waals surface area (Å²) in [7, 11) is 0. The maximum atomic E-state index is 14.5. The van der Waals surface area contributed by atoms with E-state index < -0.39 is 5.25 Å². The number of benzene rings is 3. The summed E-state index contributed by atoms with van der Waals surface area (Å²) < 4.78 is 16.2. The highest BCUT2D eigenvalue weighted by atomic mass is 35.5. The summed E-state index contributed by atoms with van der Waals surface area (Å²) in [5, 5.41) is 9.09. The standard InChI is InChI=1S/C23H17ClFN3OS/c1-15(21(29)16-8-7-9-17(24)14-16)30-23-27-26-22(19-12-5-6-13-20(19)25)28(23)18-10-3-2-4-11-18/h2-15H,1H3/t15-/m1/s1. The molecule has 0 aliphatic rings. The summed E-state index contributed by atoms with van der Waals surface area (Å²) in [4.78, 5) is 12.9. The summed E-state index contributed by atoms with van der Waals surface area (Å²) in [5.41, 5.74) is 1.66. The van der Waals surface area contributed by atoms with Crippen molar-refractivity contribution in [1.29, 1.82) is 0 Å². The number of nitrogens with zero attached hydrogens (tertiary/aromatic N) is 3. The van der Waals surface area contributed by atoms with E-state index in [0.29, 0.717) is 27.1 Å². The molecule has 0 fully saturated rings. The van der Waals surface area contributed by atoms with Gasteiger partial charge in [-0.05, 0) is 43.3 Å². The Labute approximate surface area is 182 Å². The van der Waals surface area contributed by atoms with Crippen molar-refractivity contribution in [2.75, 3.05) is 0 Å². The van der Waals surface area contributed by atoms with E-state index >= 15 is 0 Å². The molecule has 4 aromatic rings. The SMILES string of the molecule is C[C@@H](Sc1nnc(-c2ccccc2F)n1-c1ccccc1)C(=O)c1cccc(Cl)c1. The number of halogens is 2. The Hall–Kier alpha value is -2.96. The summed E-state index contributed by atoms with van der Waals surface area (Å²) in [6, 6.07) is 22.7. The molecule has 0 radical (unpaired) electrons. The molecule has 0 saturated heterocycles. The highest BCUT2D eigenvalue weighted by Gasteiger charge is 2.23. The monoisotopic (exact) mass is 437 g/mol. The van der Waals surface area contributed by atoms with Gasteiger partial charge in [-0.1, -0.05) is 65.8 Å². The molecule has 150 valence electrons. The van der Waals surface area contributed by atoms with Gasteiger partial charge in [0.25, 0.3) is 0 Å². The van der Waals surface area contributed by atoms with Crippen molar-refractivity contribution < 1.29 is 9.18 Å². The number of carbonyl (C=O) groups is 1. The maximum Gasteiger partial charge on any atom is 0.196 e. The second kappa shape index (κ2) is 8.81. The van der Waals surface area contributed by atoms with Crippen molar-refractivity contribution >= 4 is 29.1 Å². The Morgan fingerprint density at radius 1 is 1.00 bits per heavy atom. The molecule has 1 heterocycles. The van der Waals surface area contributed by atoms with Crippen LogP contribution in [-0.2, 0) is 0 Å². The number of Topliss-reactive ketones (excluding diaryl/α,β-unsaturated/α-hetero) is 1. The fourth-order valence-corrected chi connectivity index (χ4v) is 4.20. The normalized spacial score (nSPS) is 12.0. The van der Waals surface area contributed by atoms with Gasteiger partial charge in [0.1, 0.15) is 5.82 Å². The molecule has 0 unspecified atom stereocenters. The van der Waals surface area contributed by atoms with Gasteiger partial charge in [-0.15, -0.1) is 10.2 Å². The van der Waals surface area contributed by atoms with Gasteiger partial charge in [0.2, 0.25) is 0 Å². The highest BCUT2D eigenvalue weighted by Crippen LogP contribution is 2.32. The minimum Gasteiger partial charge on any atom is -0.293 e. The number of hydrogen-bond donors (Lipinski definition) is 0. The molecular formula is C23H17ClFN3OS. The molecule has 0 aliphatic carbocycles. The van der Waals surface area contributed by atoms with Crippen molar-refractivity contribution in [1.82, 2.24) is 14.8 Å². The van der Waals surface area contributed by atoms with E-state index in [1.54, 1.807) is 54.0 Å². The van der Waals surface area contributed by atoms with Crippen molar-refractivity contribution in [2.45, 2.75) is 17.3 Å². The Morgan fingerprint density at radius 2 is 1.73 bits per heavy atom. The number of rotatable bonds is 6. The van der Waals surface area contributed by atoms with E-state index in [0.717, 1.165) is 5.69 Å². The van der Waals surface area contributed by atoms with Gasteiger partial charge >= 0.3 is 0 Å². The molecule has 0 amide bonds. The van der Waals surface area contributed by atoms with E-state index in [2.05, 4.69) is 10.2 Å². The van der Waals surface area contributed by atoms with Crippen molar-refractivity contribution in [2.24, 2.45) is 0 Å². The van der Waals surface area contributed by atoms with Crippen LogP contribution >= 0.6 is 23.4 Å². The largest absolute Gasteiger partial charge is 0.293 e. The smallest absolute Gasteiger partial charge is 0.196 e. The van der Waals surface area contributed by atoms with E-state index in [-0.39, 0.29) is 11.6 Å². The van der Waals surface area contributed by atoms with Crippen LogP contribution in [0.3, 0.4) is 0 Å². The van der Waals surface area contributed by atoms with E-state index in [1.807, 2.05) is 30.3 Å². The number of hydrogen-bond acceptors (Lipinski definition) is 4. The second-order valence-electron chi connectivity index (χ2n) is 6.59. The number of aromatic nitrogens is 3. The number of thioether (sulfide) groups is 1. The molecule has 7 heteroatoms. The molecule has 0 bridgehead atoms. The molecule has 4 rings (SSSR count). The van der Waals surface area contributed by atoms with Crippen LogP contribution in [0.1, 0.15) is 17.3 Å². The first-order valence-electron chi connectivity index (χ1n) is 9.27. The molecule has 0 spiro atoms. The summed E-state index contributed by atoms with van der Waals surface area (Å²) in [6.07, 6.45) is 0. The number of ketones is 1. The minimum atomic E-state index is -0.441. The average Bonchev–Trinajstić information content (AvgIpc) is 3.17. The Balaban J connectivity index is 1.73. The number of carbonyl (C=O) groups excluding carboxylic acids is 1. The van der Waals surface area contributed by atoms with Crippen LogP contribution in [-0.4, -0.2) is 25.8 Å². The fourth-order valence-electron chi connectivity index (χ4n) is 3.06. The molecule has 30 heavy (non-hydrogen) atoms. The number of para-hydroxylation sites is 1. The lowest BCUT2D eigenvalue weighted by Crippen LogP contribution is -2.14. The van der Waals surface area contributed by atoms with Crippen LogP contribution in [0.2, 0.25) is 5.02 Å². The lowest BCUT2D eigenvalue weighted by atomic mass is 10.1. The zero-order chi connectivity index (χ0) is 21.1. The first kappa shape index (κ1) is 20.3. The third kappa shape index (κ3) is 4.15. The molecule has 0 aliphatic heterocycles. The quantitative estimate of drug-likeness (QED) is 0.270. The Bertz CT molecular complexity index is 1200. The summed E-state index contributed by atoms with van der Waals surface area (Å²) in [6.45, 7) is 1.81. The van der Waals surface area contributed by atoms with Crippen LogP contribution in [0, 0.1) is 5.82 Å². The molecule has 0 saturated carbocycles. The van der Waals surface area contributed by atoms with E-state index in [1.165, 1.54) is 17.8 Å². The van der Waals surface area contributed by atoms with Gasteiger partial charge in [0.05, 0.1) is 10.8 Å². The van der Waals surface area contributed by atoms with Crippen LogP contribution < -0.4 is 0 Å². The molecule has 1 atom stereocenters. The maximum absolute atomic E-state index is 14.5. The third-order valence-corrected chi connectivity index (χ3v) is 5.80.